The van der Waals surface area contributed by atoms with Crippen molar-refractivity contribution in [3.63, 3.8) is 0 Å². The summed E-state index contributed by atoms with van der Waals surface area (Å²) in [5.74, 6) is -0.178. The summed E-state index contributed by atoms with van der Waals surface area (Å²) in [6.07, 6.45) is 27.8. The van der Waals surface area contributed by atoms with Gasteiger partial charge >= 0.3 is 0 Å². The van der Waals surface area contributed by atoms with Crippen LogP contribution >= 0.6 is 7.82 Å². The number of unbranched alkanes of at least 4 members (excludes halogenated alkanes) is 17. The molecule has 0 aromatic rings. The third kappa shape index (κ3) is 29.9. The van der Waals surface area contributed by atoms with Crippen molar-refractivity contribution in [2.75, 3.05) is 40.9 Å². The van der Waals surface area contributed by atoms with E-state index in [-0.39, 0.29) is 19.1 Å². The van der Waals surface area contributed by atoms with Gasteiger partial charge < -0.3 is 28.8 Å². The molecule has 262 valence electrons. The number of amides is 1. The lowest BCUT2D eigenvalue weighted by molar-refractivity contribution is -0.870. The zero-order valence-electron chi connectivity index (χ0n) is 29.4. The third-order valence-electron chi connectivity index (χ3n) is 8.00. The van der Waals surface area contributed by atoms with Crippen LogP contribution in [0.25, 0.3) is 0 Å². The molecule has 0 bridgehead atoms. The molecule has 0 radical (unpaired) electrons. The summed E-state index contributed by atoms with van der Waals surface area (Å²) in [5, 5.41) is 13.7. The molecule has 0 saturated carbocycles. The molecule has 0 aliphatic carbocycles. The SMILES string of the molecule is CCCCCC/C=C\CCCCCCCC(=O)NC(COP(=O)([O-])OCC[N+](C)(C)C)C(O)CCCCCCCCCCC. The number of nitrogens with zero attached hydrogens (tertiary/aromatic N) is 1. The second kappa shape index (κ2) is 28.5. The molecule has 9 heteroatoms. The molecule has 3 atom stereocenters. The molecule has 0 fully saturated rings. The summed E-state index contributed by atoms with van der Waals surface area (Å²) in [6.45, 7) is 4.64. The summed E-state index contributed by atoms with van der Waals surface area (Å²) >= 11 is 0. The fourth-order valence-corrected chi connectivity index (χ4v) is 5.75. The first-order valence-electron chi connectivity index (χ1n) is 18.0. The van der Waals surface area contributed by atoms with Gasteiger partial charge in [-0.1, -0.05) is 122 Å². The lowest BCUT2D eigenvalue weighted by Crippen LogP contribution is -2.46. The van der Waals surface area contributed by atoms with E-state index in [2.05, 4.69) is 31.3 Å². The molecule has 0 aliphatic rings. The Morgan fingerprint density at radius 1 is 0.773 bits per heavy atom. The number of likely N-dealkylation sites (N-methyl/N-ethyl adjacent to an activating group) is 1. The molecular weight excluding hydrogens is 575 g/mol. The maximum absolute atomic E-state index is 12.7. The van der Waals surface area contributed by atoms with Gasteiger partial charge in [-0.15, -0.1) is 0 Å². The highest BCUT2D eigenvalue weighted by molar-refractivity contribution is 7.45. The van der Waals surface area contributed by atoms with E-state index in [0.717, 1.165) is 51.4 Å². The van der Waals surface area contributed by atoms with Gasteiger partial charge in [0.1, 0.15) is 13.2 Å². The molecule has 3 unspecified atom stereocenters. The number of phosphoric acid groups is 1. The Hall–Kier alpha value is -0.760. The molecule has 44 heavy (non-hydrogen) atoms. The van der Waals surface area contributed by atoms with E-state index >= 15 is 0 Å². The second-order valence-electron chi connectivity index (χ2n) is 13.6. The quantitative estimate of drug-likeness (QED) is 0.0330. The van der Waals surface area contributed by atoms with E-state index in [1.165, 1.54) is 77.0 Å². The van der Waals surface area contributed by atoms with E-state index in [9.17, 15) is 19.4 Å². The summed E-state index contributed by atoms with van der Waals surface area (Å²) in [6, 6.07) is -0.797. The minimum Gasteiger partial charge on any atom is -0.756 e. The Kier molecular flexibility index (Phi) is 28.0. The summed E-state index contributed by atoms with van der Waals surface area (Å²) < 4.78 is 23.1. The van der Waals surface area contributed by atoms with Crippen LogP contribution in [0, 0.1) is 0 Å². The number of nitrogens with one attached hydrogen (secondary N) is 1. The highest BCUT2D eigenvalue weighted by Gasteiger charge is 2.24. The molecule has 0 aromatic carbocycles. The Bertz CT molecular complexity index is 743. The van der Waals surface area contributed by atoms with Crippen molar-refractivity contribution in [2.24, 2.45) is 0 Å². The van der Waals surface area contributed by atoms with Gasteiger partial charge in [-0.3, -0.25) is 9.36 Å². The van der Waals surface area contributed by atoms with Gasteiger partial charge in [0.15, 0.2) is 0 Å². The van der Waals surface area contributed by atoms with Crippen LogP contribution in [-0.2, 0) is 18.4 Å². The fraction of sp³-hybridized carbons (Fsp3) is 0.914. The molecule has 0 saturated heterocycles. The molecule has 2 N–H and O–H groups in total. The number of carbonyl (C=O) groups excluding carboxylic acids is 1. The van der Waals surface area contributed by atoms with E-state index in [0.29, 0.717) is 23.9 Å². The average Bonchev–Trinajstić information content (AvgIpc) is 2.95. The lowest BCUT2D eigenvalue weighted by atomic mass is 10.0. The normalized spacial score (nSPS) is 15.0. The van der Waals surface area contributed by atoms with Crippen molar-refractivity contribution in [1.82, 2.24) is 5.32 Å². The fourth-order valence-electron chi connectivity index (χ4n) is 5.03. The molecular formula is C35H71N2O6P. The largest absolute Gasteiger partial charge is 0.756 e. The number of hydrogen-bond acceptors (Lipinski definition) is 6. The van der Waals surface area contributed by atoms with Crippen LogP contribution in [0.2, 0.25) is 0 Å². The van der Waals surface area contributed by atoms with Gasteiger partial charge in [-0.2, -0.15) is 0 Å². The van der Waals surface area contributed by atoms with Crippen LogP contribution in [0.5, 0.6) is 0 Å². The molecule has 0 spiro atoms. The van der Waals surface area contributed by atoms with Gasteiger partial charge in [0.25, 0.3) is 7.82 Å². The van der Waals surface area contributed by atoms with Crippen molar-refractivity contribution >= 4 is 13.7 Å². The molecule has 0 aromatic heterocycles. The summed E-state index contributed by atoms with van der Waals surface area (Å²) in [4.78, 5) is 25.1. The van der Waals surface area contributed by atoms with Crippen molar-refractivity contribution in [3.05, 3.63) is 12.2 Å². The number of quaternary nitrogens is 1. The second-order valence-corrected chi connectivity index (χ2v) is 15.0. The summed E-state index contributed by atoms with van der Waals surface area (Å²) in [5.41, 5.74) is 0. The van der Waals surface area contributed by atoms with Gasteiger partial charge in [0, 0.05) is 6.42 Å². The van der Waals surface area contributed by atoms with Crippen molar-refractivity contribution in [3.8, 4) is 0 Å². The average molecular weight is 647 g/mol. The van der Waals surface area contributed by atoms with E-state index in [1.54, 1.807) is 0 Å². The van der Waals surface area contributed by atoms with Gasteiger partial charge in [0.2, 0.25) is 5.91 Å². The number of rotatable bonds is 32. The Balaban J connectivity index is 4.50. The maximum atomic E-state index is 12.7. The van der Waals surface area contributed by atoms with Crippen LogP contribution in [0.1, 0.15) is 155 Å². The van der Waals surface area contributed by atoms with Crippen molar-refractivity contribution < 1.29 is 32.9 Å². The predicted molar refractivity (Wildman–Crippen MR) is 182 cm³/mol. The zero-order valence-corrected chi connectivity index (χ0v) is 30.3. The number of carbonyl (C=O) groups is 1. The first-order valence-corrected chi connectivity index (χ1v) is 19.5. The number of phosphoric ester groups is 1. The van der Waals surface area contributed by atoms with Crippen LogP contribution in [0.15, 0.2) is 12.2 Å². The first kappa shape index (κ1) is 43.2. The number of allylic oxidation sites excluding steroid dienone is 2. The maximum Gasteiger partial charge on any atom is 0.268 e. The van der Waals surface area contributed by atoms with E-state index in [4.69, 9.17) is 9.05 Å². The molecule has 0 heterocycles. The first-order chi connectivity index (χ1) is 21.0. The molecule has 8 nitrogen and oxygen atoms in total. The monoisotopic (exact) mass is 647 g/mol. The Morgan fingerprint density at radius 3 is 1.80 bits per heavy atom. The number of aliphatic hydroxyl groups is 1. The van der Waals surface area contributed by atoms with Gasteiger partial charge in [0.05, 0.1) is 39.9 Å². The van der Waals surface area contributed by atoms with Crippen LogP contribution < -0.4 is 10.2 Å². The van der Waals surface area contributed by atoms with Crippen LogP contribution in [0.3, 0.4) is 0 Å². The minimum absolute atomic E-state index is 0.0115. The van der Waals surface area contributed by atoms with E-state index < -0.39 is 20.0 Å². The van der Waals surface area contributed by atoms with E-state index in [1.807, 2.05) is 21.1 Å². The number of hydrogen-bond donors (Lipinski definition) is 2. The Labute approximate surface area is 272 Å². The molecule has 0 aliphatic heterocycles. The van der Waals surface area contributed by atoms with Crippen molar-refractivity contribution in [2.45, 2.75) is 167 Å². The minimum atomic E-state index is -4.55. The topological polar surface area (TPSA) is 108 Å². The third-order valence-corrected chi connectivity index (χ3v) is 8.97. The van der Waals surface area contributed by atoms with Gasteiger partial charge in [-0.05, 0) is 38.5 Å². The lowest BCUT2D eigenvalue weighted by Gasteiger charge is -2.30. The zero-order chi connectivity index (χ0) is 32.9. The molecule has 0 rings (SSSR count). The number of aliphatic hydroxyl groups excluding tert-OH is 1. The van der Waals surface area contributed by atoms with Crippen molar-refractivity contribution in [1.29, 1.82) is 0 Å². The van der Waals surface area contributed by atoms with Crippen LogP contribution in [0.4, 0.5) is 0 Å². The predicted octanol–water partition coefficient (Wildman–Crippen LogP) is 8.22. The molecule has 1 amide bonds. The van der Waals surface area contributed by atoms with Crippen LogP contribution in [-0.4, -0.2) is 68.5 Å². The highest BCUT2D eigenvalue weighted by atomic mass is 31.2. The highest BCUT2D eigenvalue weighted by Crippen LogP contribution is 2.38. The van der Waals surface area contributed by atoms with Gasteiger partial charge in [-0.25, -0.2) is 0 Å². The Morgan fingerprint density at radius 2 is 1.25 bits per heavy atom. The standard InChI is InChI=1S/C35H71N2O6P/c1-6-8-10-12-14-16-17-18-19-21-23-25-27-29-35(39)36-33(32-43-44(40,41)42-31-30-37(3,4)5)34(38)28-26-24-22-20-15-13-11-9-7-2/h16-17,33-34,38H,6-15,18-32H2,1-5H3,(H-,36,39,40,41)/b17-16-. The smallest absolute Gasteiger partial charge is 0.268 e. The summed E-state index contributed by atoms with van der Waals surface area (Å²) in [7, 11) is 1.30.